The van der Waals surface area contributed by atoms with Crippen molar-refractivity contribution in [1.29, 1.82) is 5.26 Å². The fourth-order valence-corrected chi connectivity index (χ4v) is 4.82. The van der Waals surface area contributed by atoms with Gasteiger partial charge in [-0.15, -0.1) is 0 Å². The van der Waals surface area contributed by atoms with Gasteiger partial charge >= 0.3 is 0 Å². The van der Waals surface area contributed by atoms with Gasteiger partial charge in [-0.05, 0) is 79.2 Å². The van der Waals surface area contributed by atoms with E-state index in [9.17, 15) is 4.79 Å². The number of nitriles is 1. The van der Waals surface area contributed by atoms with Crippen molar-refractivity contribution < 1.29 is 4.79 Å². The monoisotopic (exact) mass is 387 g/mol. The molecule has 2 aromatic carbocycles. The summed E-state index contributed by atoms with van der Waals surface area (Å²) in [6.45, 7) is 8.08. The lowest BCUT2D eigenvalue weighted by Crippen LogP contribution is -2.37. The van der Waals surface area contributed by atoms with Gasteiger partial charge < -0.3 is 4.90 Å². The highest BCUT2D eigenvalue weighted by atomic mass is 16.2. The van der Waals surface area contributed by atoms with E-state index in [-0.39, 0.29) is 5.91 Å². The number of rotatable bonds is 7. The molecule has 1 unspecified atom stereocenters. The predicted molar refractivity (Wildman–Crippen MR) is 115 cm³/mol. The van der Waals surface area contributed by atoms with Crippen LogP contribution in [0.2, 0.25) is 0 Å². The molecule has 2 aliphatic rings. The number of nitrogens with zero attached hydrogens (tertiary/aromatic N) is 3. The lowest BCUT2D eigenvalue weighted by atomic mass is 10.0. The Labute approximate surface area is 173 Å². The molecule has 0 N–H and O–H groups in total. The highest BCUT2D eigenvalue weighted by molar-refractivity contribution is 5.98. The van der Waals surface area contributed by atoms with Gasteiger partial charge in [0, 0.05) is 24.7 Å². The van der Waals surface area contributed by atoms with Crippen molar-refractivity contribution in [2.75, 3.05) is 13.1 Å². The molecule has 0 bridgehead atoms. The average Bonchev–Trinajstić information content (AvgIpc) is 3.27. The third kappa shape index (κ3) is 3.93. The second-order valence-corrected chi connectivity index (χ2v) is 8.35. The highest BCUT2D eigenvalue weighted by Crippen LogP contribution is 2.33. The Morgan fingerprint density at radius 3 is 2.31 bits per heavy atom. The number of carbonyl (C=O) groups is 1. The molecule has 1 amide bonds. The van der Waals surface area contributed by atoms with E-state index in [0.717, 1.165) is 37.1 Å². The molecule has 0 fully saturated rings. The molecule has 0 radical (unpaired) electrons. The maximum absolute atomic E-state index is 13.0. The van der Waals surface area contributed by atoms with E-state index in [1.54, 1.807) is 0 Å². The first-order valence-corrected chi connectivity index (χ1v) is 10.8. The zero-order valence-corrected chi connectivity index (χ0v) is 17.4. The summed E-state index contributed by atoms with van der Waals surface area (Å²) in [6, 6.07) is 14.7. The Hall–Kier alpha value is -2.64. The van der Waals surface area contributed by atoms with Crippen molar-refractivity contribution in [3.05, 3.63) is 69.8 Å². The second kappa shape index (κ2) is 8.39. The maximum Gasteiger partial charge on any atom is 0.254 e. The molecule has 150 valence electrons. The summed E-state index contributed by atoms with van der Waals surface area (Å²) in [5.74, 6) is 0.134. The standard InChI is InChI=1S/C25H29N3O/c1-3-9-27(10-4-2)23-12-20-11-22-17-28(25(29)24(22)14-21(20)13-23)16-19-7-5-18(15-26)6-8-19/h5-8,11,14,23H,3-4,9-10,12-13,16-17H2,1-2H3. The van der Waals surface area contributed by atoms with Crippen LogP contribution in [0.3, 0.4) is 0 Å². The fraction of sp³-hybridized carbons (Fsp3) is 0.440. The van der Waals surface area contributed by atoms with Gasteiger partial charge in [0.2, 0.25) is 0 Å². The fourth-order valence-electron chi connectivity index (χ4n) is 4.82. The minimum absolute atomic E-state index is 0.134. The van der Waals surface area contributed by atoms with Gasteiger partial charge in [0.1, 0.15) is 0 Å². The molecule has 0 saturated carbocycles. The van der Waals surface area contributed by atoms with Crippen LogP contribution in [0.15, 0.2) is 36.4 Å². The van der Waals surface area contributed by atoms with Crippen molar-refractivity contribution in [3.63, 3.8) is 0 Å². The Balaban J connectivity index is 1.48. The van der Waals surface area contributed by atoms with Crippen LogP contribution >= 0.6 is 0 Å². The zero-order valence-electron chi connectivity index (χ0n) is 17.4. The summed E-state index contributed by atoms with van der Waals surface area (Å²) in [7, 11) is 0. The Kier molecular flexibility index (Phi) is 5.69. The summed E-state index contributed by atoms with van der Waals surface area (Å²) in [5, 5.41) is 8.95. The van der Waals surface area contributed by atoms with Crippen molar-refractivity contribution in [3.8, 4) is 6.07 Å². The molecule has 1 atom stereocenters. The van der Waals surface area contributed by atoms with Gasteiger partial charge in [0.05, 0.1) is 11.6 Å². The van der Waals surface area contributed by atoms with E-state index in [0.29, 0.717) is 24.7 Å². The number of hydrogen-bond acceptors (Lipinski definition) is 3. The molecule has 1 aliphatic carbocycles. The number of fused-ring (bicyclic) bond motifs is 2. The van der Waals surface area contributed by atoms with E-state index in [1.807, 2.05) is 29.2 Å². The smallest absolute Gasteiger partial charge is 0.254 e. The second-order valence-electron chi connectivity index (χ2n) is 8.35. The highest BCUT2D eigenvalue weighted by Gasteiger charge is 2.32. The minimum Gasteiger partial charge on any atom is -0.330 e. The van der Waals surface area contributed by atoms with Crippen molar-refractivity contribution in [1.82, 2.24) is 9.80 Å². The van der Waals surface area contributed by atoms with Gasteiger partial charge in [0.25, 0.3) is 5.91 Å². The number of hydrogen-bond donors (Lipinski definition) is 0. The Morgan fingerprint density at radius 2 is 1.69 bits per heavy atom. The summed E-state index contributed by atoms with van der Waals surface area (Å²) in [5.41, 5.74) is 6.55. The van der Waals surface area contributed by atoms with Gasteiger partial charge in [-0.3, -0.25) is 9.69 Å². The molecule has 1 aliphatic heterocycles. The molecule has 0 spiro atoms. The topological polar surface area (TPSA) is 47.3 Å². The predicted octanol–water partition coefficient (Wildman–Crippen LogP) is 4.30. The van der Waals surface area contributed by atoms with Crippen LogP contribution in [0.4, 0.5) is 0 Å². The quantitative estimate of drug-likeness (QED) is 0.711. The average molecular weight is 388 g/mol. The molecular formula is C25H29N3O. The molecule has 0 aromatic heterocycles. The first-order chi connectivity index (χ1) is 14.1. The third-order valence-corrected chi connectivity index (χ3v) is 6.21. The molecule has 1 heterocycles. The first kappa shape index (κ1) is 19.7. The minimum atomic E-state index is 0.134. The van der Waals surface area contributed by atoms with E-state index in [2.05, 4.69) is 36.9 Å². The largest absolute Gasteiger partial charge is 0.330 e. The van der Waals surface area contributed by atoms with E-state index in [1.165, 1.54) is 29.5 Å². The lowest BCUT2D eigenvalue weighted by molar-refractivity contribution is 0.0766. The van der Waals surface area contributed by atoms with Crippen LogP contribution in [-0.4, -0.2) is 34.8 Å². The summed E-state index contributed by atoms with van der Waals surface area (Å²) in [4.78, 5) is 17.6. The van der Waals surface area contributed by atoms with E-state index < -0.39 is 0 Å². The molecule has 29 heavy (non-hydrogen) atoms. The lowest BCUT2D eigenvalue weighted by Gasteiger charge is -2.27. The Bertz CT molecular complexity index is 936. The SMILES string of the molecule is CCCN(CCC)C1Cc2cc3c(cc2C1)C(=O)N(Cc1ccc(C#N)cc1)C3. The molecule has 0 saturated heterocycles. The maximum atomic E-state index is 13.0. The number of amides is 1. The van der Waals surface area contributed by atoms with Gasteiger partial charge in [0.15, 0.2) is 0 Å². The first-order valence-electron chi connectivity index (χ1n) is 10.8. The zero-order chi connectivity index (χ0) is 20.4. The van der Waals surface area contributed by atoms with Crippen LogP contribution in [0.25, 0.3) is 0 Å². The number of benzene rings is 2. The van der Waals surface area contributed by atoms with Crippen LogP contribution in [-0.2, 0) is 25.9 Å². The summed E-state index contributed by atoms with van der Waals surface area (Å²) in [6.07, 6.45) is 4.54. The Morgan fingerprint density at radius 1 is 1.03 bits per heavy atom. The van der Waals surface area contributed by atoms with Crippen LogP contribution in [0, 0.1) is 11.3 Å². The van der Waals surface area contributed by atoms with Crippen molar-refractivity contribution in [2.45, 2.75) is 58.7 Å². The van der Waals surface area contributed by atoms with Crippen LogP contribution in [0.5, 0.6) is 0 Å². The summed E-state index contributed by atoms with van der Waals surface area (Å²) >= 11 is 0. The van der Waals surface area contributed by atoms with Crippen LogP contribution in [0.1, 0.15) is 64.9 Å². The van der Waals surface area contributed by atoms with Gasteiger partial charge in [-0.1, -0.05) is 32.0 Å². The van der Waals surface area contributed by atoms with Crippen molar-refractivity contribution in [2.24, 2.45) is 0 Å². The number of carbonyl (C=O) groups excluding carboxylic acids is 1. The molecule has 2 aromatic rings. The molecule has 4 heteroatoms. The van der Waals surface area contributed by atoms with Gasteiger partial charge in [-0.25, -0.2) is 0 Å². The molecular weight excluding hydrogens is 358 g/mol. The van der Waals surface area contributed by atoms with Crippen LogP contribution < -0.4 is 0 Å². The van der Waals surface area contributed by atoms with Crippen molar-refractivity contribution >= 4 is 5.91 Å². The van der Waals surface area contributed by atoms with E-state index >= 15 is 0 Å². The van der Waals surface area contributed by atoms with Gasteiger partial charge in [-0.2, -0.15) is 5.26 Å². The molecule has 4 rings (SSSR count). The van der Waals surface area contributed by atoms with E-state index in [4.69, 9.17) is 5.26 Å². The third-order valence-electron chi connectivity index (χ3n) is 6.21. The normalized spacial score (nSPS) is 17.5. The molecule has 4 nitrogen and oxygen atoms in total. The summed E-state index contributed by atoms with van der Waals surface area (Å²) < 4.78 is 0.